The summed E-state index contributed by atoms with van der Waals surface area (Å²) in [5, 5.41) is 10.5. The van der Waals surface area contributed by atoms with Crippen molar-refractivity contribution >= 4 is 18.3 Å². The molecule has 4 nitrogen and oxygen atoms in total. The Kier molecular flexibility index (Phi) is 5.71. The molecule has 0 N–H and O–H groups in total. The van der Waals surface area contributed by atoms with E-state index in [9.17, 15) is 10.1 Å². The van der Waals surface area contributed by atoms with Crippen LogP contribution in [-0.4, -0.2) is 17.3 Å². The normalized spacial score (nSPS) is 10.1. The number of unbranched alkanes of at least 4 members (excludes halogenated alkanes) is 2. The van der Waals surface area contributed by atoms with Crippen LogP contribution in [0.15, 0.2) is 24.3 Å². The molecule has 0 atom stereocenters. The van der Waals surface area contributed by atoms with E-state index in [2.05, 4.69) is 12.6 Å². The lowest BCUT2D eigenvalue weighted by molar-refractivity contribution is -0.384. The second-order valence-corrected chi connectivity index (χ2v) is 3.83. The maximum absolute atomic E-state index is 10.5. The van der Waals surface area contributed by atoms with Crippen LogP contribution in [0.5, 0.6) is 5.75 Å². The SMILES string of the molecule is O=[N+]([O-])c1cccc(OCCCCCS)c1. The number of nitrogens with zero attached hydrogens (tertiary/aromatic N) is 1. The first kappa shape index (κ1) is 12.8. The van der Waals surface area contributed by atoms with Crippen molar-refractivity contribution in [3.05, 3.63) is 34.4 Å². The molecule has 1 aromatic carbocycles. The summed E-state index contributed by atoms with van der Waals surface area (Å²) in [7, 11) is 0. The van der Waals surface area contributed by atoms with Crippen molar-refractivity contribution < 1.29 is 9.66 Å². The highest BCUT2D eigenvalue weighted by molar-refractivity contribution is 7.80. The van der Waals surface area contributed by atoms with Gasteiger partial charge < -0.3 is 4.74 Å². The van der Waals surface area contributed by atoms with Crippen molar-refractivity contribution in [2.75, 3.05) is 12.4 Å². The first-order valence-corrected chi connectivity index (χ1v) is 5.85. The van der Waals surface area contributed by atoms with E-state index in [-0.39, 0.29) is 5.69 Å². The lowest BCUT2D eigenvalue weighted by atomic mass is 10.2. The monoisotopic (exact) mass is 241 g/mol. The summed E-state index contributed by atoms with van der Waals surface area (Å²) in [5.41, 5.74) is 0.0628. The molecule has 0 bridgehead atoms. The summed E-state index contributed by atoms with van der Waals surface area (Å²) >= 11 is 4.11. The smallest absolute Gasteiger partial charge is 0.273 e. The molecule has 1 aromatic rings. The summed E-state index contributed by atoms with van der Waals surface area (Å²) in [6, 6.07) is 6.25. The molecule has 0 saturated heterocycles. The second-order valence-electron chi connectivity index (χ2n) is 3.39. The van der Waals surface area contributed by atoms with E-state index >= 15 is 0 Å². The molecule has 88 valence electrons. The third kappa shape index (κ3) is 4.53. The topological polar surface area (TPSA) is 52.4 Å². The Labute approximate surface area is 100 Å². The average molecular weight is 241 g/mol. The summed E-state index contributed by atoms with van der Waals surface area (Å²) in [6.45, 7) is 0.592. The Morgan fingerprint density at radius 2 is 2.12 bits per heavy atom. The van der Waals surface area contributed by atoms with Crippen molar-refractivity contribution in [3.63, 3.8) is 0 Å². The van der Waals surface area contributed by atoms with Crippen molar-refractivity contribution in [2.24, 2.45) is 0 Å². The van der Waals surface area contributed by atoms with Crippen LogP contribution in [0.1, 0.15) is 19.3 Å². The van der Waals surface area contributed by atoms with Gasteiger partial charge in [-0.15, -0.1) is 0 Å². The predicted molar refractivity (Wildman–Crippen MR) is 66.3 cm³/mol. The number of hydrogen-bond acceptors (Lipinski definition) is 4. The molecule has 0 fully saturated rings. The molecule has 16 heavy (non-hydrogen) atoms. The van der Waals surface area contributed by atoms with Gasteiger partial charge >= 0.3 is 0 Å². The van der Waals surface area contributed by atoms with Crippen LogP contribution in [0, 0.1) is 10.1 Å². The van der Waals surface area contributed by atoms with Gasteiger partial charge in [0, 0.05) is 6.07 Å². The van der Waals surface area contributed by atoms with Crippen LogP contribution in [0.4, 0.5) is 5.69 Å². The van der Waals surface area contributed by atoms with Gasteiger partial charge in [0.15, 0.2) is 0 Å². The molecule has 0 amide bonds. The molecular weight excluding hydrogens is 226 g/mol. The Morgan fingerprint density at radius 1 is 1.31 bits per heavy atom. The molecule has 0 spiro atoms. The van der Waals surface area contributed by atoms with E-state index in [1.807, 2.05) is 0 Å². The van der Waals surface area contributed by atoms with Crippen LogP contribution in [0.3, 0.4) is 0 Å². The summed E-state index contributed by atoms with van der Waals surface area (Å²) in [4.78, 5) is 10.1. The van der Waals surface area contributed by atoms with Crippen molar-refractivity contribution in [3.8, 4) is 5.75 Å². The first-order chi connectivity index (χ1) is 7.74. The minimum Gasteiger partial charge on any atom is -0.493 e. The van der Waals surface area contributed by atoms with Crippen molar-refractivity contribution in [1.29, 1.82) is 0 Å². The second kappa shape index (κ2) is 7.11. The summed E-state index contributed by atoms with van der Waals surface area (Å²) in [6.07, 6.45) is 3.09. The van der Waals surface area contributed by atoms with Crippen LogP contribution < -0.4 is 4.74 Å². The molecule has 0 heterocycles. The van der Waals surface area contributed by atoms with Gasteiger partial charge in [0.2, 0.25) is 0 Å². The third-order valence-electron chi connectivity index (χ3n) is 2.10. The van der Waals surface area contributed by atoms with Gasteiger partial charge in [0.1, 0.15) is 5.75 Å². The molecule has 0 saturated carbocycles. The number of nitro groups is 1. The molecule has 0 aliphatic rings. The Bertz CT molecular complexity index is 344. The fourth-order valence-electron chi connectivity index (χ4n) is 1.27. The molecular formula is C11H15NO3S. The van der Waals surface area contributed by atoms with Gasteiger partial charge in [-0.1, -0.05) is 6.07 Å². The number of non-ortho nitro benzene ring substituents is 1. The maximum Gasteiger partial charge on any atom is 0.273 e. The maximum atomic E-state index is 10.5. The Hall–Kier alpha value is -1.23. The van der Waals surface area contributed by atoms with Gasteiger partial charge in [-0.05, 0) is 31.1 Å². The minimum absolute atomic E-state index is 0.0628. The van der Waals surface area contributed by atoms with E-state index < -0.39 is 4.92 Å². The van der Waals surface area contributed by atoms with Crippen molar-refractivity contribution in [1.82, 2.24) is 0 Å². The van der Waals surface area contributed by atoms with E-state index in [1.165, 1.54) is 12.1 Å². The lowest BCUT2D eigenvalue weighted by Crippen LogP contribution is -1.98. The van der Waals surface area contributed by atoms with Crippen LogP contribution in [0.25, 0.3) is 0 Å². The number of nitro benzene ring substituents is 1. The van der Waals surface area contributed by atoms with Crippen LogP contribution >= 0.6 is 12.6 Å². The van der Waals surface area contributed by atoms with Gasteiger partial charge in [-0.3, -0.25) is 10.1 Å². The molecule has 5 heteroatoms. The number of ether oxygens (including phenoxy) is 1. The van der Waals surface area contributed by atoms with Gasteiger partial charge in [-0.25, -0.2) is 0 Å². The van der Waals surface area contributed by atoms with Gasteiger partial charge in [-0.2, -0.15) is 12.6 Å². The van der Waals surface area contributed by atoms with E-state index in [0.29, 0.717) is 12.4 Å². The summed E-state index contributed by atoms with van der Waals surface area (Å²) in [5.74, 6) is 1.44. The lowest BCUT2D eigenvalue weighted by Gasteiger charge is -2.05. The highest BCUT2D eigenvalue weighted by Crippen LogP contribution is 2.19. The average Bonchev–Trinajstić information content (AvgIpc) is 2.29. The zero-order valence-electron chi connectivity index (χ0n) is 8.96. The number of hydrogen-bond donors (Lipinski definition) is 1. The number of thiol groups is 1. The predicted octanol–water partition coefficient (Wildman–Crippen LogP) is 3.07. The Balaban J connectivity index is 2.36. The van der Waals surface area contributed by atoms with Crippen LogP contribution in [0.2, 0.25) is 0 Å². The Morgan fingerprint density at radius 3 is 2.81 bits per heavy atom. The quantitative estimate of drug-likeness (QED) is 0.345. The highest BCUT2D eigenvalue weighted by Gasteiger charge is 2.05. The number of rotatable bonds is 7. The van der Waals surface area contributed by atoms with Crippen LogP contribution in [-0.2, 0) is 0 Å². The molecule has 0 aliphatic carbocycles. The van der Waals surface area contributed by atoms with E-state index in [1.54, 1.807) is 12.1 Å². The molecule has 0 unspecified atom stereocenters. The first-order valence-electron chi connectivity index (χ1n) is 5.22. The summed E-state index contributed by atoms with van der Waals surface area (Å²) < 4.78 is 5.41. The van der Waals surface area contributed by atoms with Gasteiger partial charge in [0.25, 0.3) is 5.69 Å². The fourth-order valence-corrected chi connectivity index (χ4v) is 1.49. The largest absolute Gasteiger partial charge is 0.493 e. The zero-order valence-corrected chi connectivity index (χ0v) is 9.86. The van der Waals surface area contributed by atoms with E-state index in [4.69, 9.17) is 4.74 Å². The standard InChI is InChI=1S/C11H15NO3S/c13-12(14)10-5-4-6-11(9-10)15-7-2-1-3-8-16/h4-6,9,16H,1-3,7-8H2. The van der Waals surface area contributed by atoms with Gasteiger partial charge in [0.05, 0.1) is 17.6 Å². The molecule has 0 aromatic heterocycles. The van der Waals surface area contributed by atoms with E-state index in [0.717, 1.165) is 25.0 Å². The van der Waals surface area contributed by atoms with Crippen molar-refractivity contribution in [2.45, 2.75) is 19.3 Å². The molecule has 1 rings (SSSR count). The third-order valence-corrected chi connectivity index (χ3v) is 2.42. The highest BCUT2D eigenvalue weighted by atomic mass is 32.1. The zero-order chi connectivity index (χ0) is 11.8. The number of benzene rings is 1. The molecule has 0 radical (unpaired) electrons. The molecule has 0 aliphatic heterocycles. The minimum atomic E-state index is -0.423. The fraction of sp³-hybridized carbons (Fsp3) is 0.455.